The number of ketones is 1. The molecule has 0 aliphatic carbocycles. The van der Waals surface area contributed by atoms with Crippen molar-refractivity contribution in [2.45, 2.75) is 54.4 Å². The fourth-order valence-corrected chi connectivity index (χ4v) is 1.38. The van der Waals surface area contributed by atoms with Crippen LogP contribution in [0.5, 0.6) is 0 Å². The first-order valence-electron chi connectivity index (χ1n) is 7.92. The van der Waals surface area contributed by atoms with Crippen LogP contribution in [-0.4, -0.2) is 17.0 Å². The van der Waals surface area contributed by atoms with Gasteiger partial charge in [0.2, 0.25) is 0 Å². The van der Waals surface area contributed by atoms with E-state index in [0.717, 1.165) is 11.3 Å². The number of aromatic nitrogens is 1. The van der Waals surface area contributed by atoms with Gasteiger partial charge < -0.3 is 0 Å². The maximum Gasteiger partial charge on any atom is 0.181 e. The SMILES string of the molecule is C=CC=N/C(C(=O)CC)=C(\C)c1ccccn1.CC.CCC. The molecule has 0 N–H and O–H groups in total. The Bertz CT molecular complexity index is 473. The minimum atomic E-state index is 0.00579. The van der Waals surface area contributed by atoms with E-state index >= 15 is 0 Å². The van der Waals surface area contributed by atoms with Crippen molar-refractivity contribution in [1.82, 2.24) is 4.98 Å². The molecular weight excluding hydrogens is 272 g/mol. The summed E-state index contributed by atoms with van der Waals surface area (Å²) in [5.41, 5.74) is 2.01. The van der Waals surface area contributed by atoms with Crippen molar-refractivity contribution in [2.75, 3.05) is 0 Å². The summed E-state index contributed by atoms with van der Waals surface area (Å²) in [6.45, 7) is 15.5. The molecule has 1 aromatic rings. The molecule has 0 unspecified atom stereocenters. The van der Waals surface area contributed by atoms with Gasteiger partial charge in [-0.2, -0.15) is 0 Å². The van der Waals surface area contributed by atoms with Crippen LogP contribution in [-0.2, 0) is 4.79 Å². The zero-order valence-electron chi connectivity index (χ0n) is 14.9. The van der Waals surface area contributed by atoms with Crippen LogP contribution in [0.4, 0.5) is 0 Å². The molecule has 1 aromatic heterocycles. The highest BCUT2D eigenvalue weighted by molar-refractivity contribution is 6.03. The van der Waals surface area contributed by atoms with Gasteiger partial charge in [0, 0.05) is 24.4 Å². The van der Waals surface area contributed by atoms with Crippen molar-refractivity contribution >= 4 is 17.6 Å². The Balaban J connectivity index is 0. The Morgan fingerprint density at radius 1 is 1.27 bits per heavy atom. The van der Waals surface area contributed by atoms with Gasteiger partial charge in [-0.05, 0) is 19.1 Å². The molecule has 0 amide bonds. The number of hydrogen-bond acceptors (Lipinski definition) is 3. The van der Waals surface area contributed by atoms with Gasteiger partial charge in [0.1, 0.15) is 5.70 Å². The average Bonchev–Trinajstić information content (AvgIpc) is 2.58. The Hall–Kier alpha value is -2.03. The molecule has 3 heteroatoms. The molecule has 0 spiro atoms. The van der Waals surface area contributed by atoms with Gasteiger partial charge in [-0.15, -0.1) is 0 Å². The number of rotatable bonds is 5. The van der Waals surface area contributed by atoms with Gasteiger partial charge in [0.15, 0.2) is 5.78 Å². The van der Waals surface area contributed by atoms with Crippen LogP contribution in [0.3, 0.4) is 0 Å². The lowest BCUT2D eigenvalue weighted by Crippen LogP contribution is -2.02. The van der Waals surface area contributed by atoms with Gasteiger partial charge in [0.05, 0.1) is 5.69 Å². The van der Waals surface area contributed by atoms with Crippen molar-refractivity contribution in [3.05, 3.63) is 48.4 Å². The quantitative estimate of drug-likeness (QED) is 0.533. The molecule has 0 saturated carbocycles. The van der Waals surface area contributed by atoms with Crippen molar-refractivity contribution in [2.24, 2.45) is 4.99 Å². The maximum atomic E-state index is 11.8. The van der Waals surface area contributed by atoms with Crippen LogP contribution in [0, 0.1) is 0 Å². The van der Waals surface area contributed by atoms with Crippen molar-refractivity contribution < 1.29 is 4.79 Å². The van der Waals surface area contributed by atoms with Crippen LogP contribution in [0.15, 0.2) is 47.7 Å². The fourth-order valence-electron chi connectivity index (χ4n) is 1.38. The maximum absolute atomic E-state index is 11.8. The highest BCUT2D eigenvalue weighted by Crippen LogP contribution is 2.18. The predicted molar refractivity (Wildman–Crippen MR) is 98.1 cm³/mol. The summed E-state index contributed by atoms with van der Waals surface area (Å²) in [5, 5.41) is 0. The summed E-state index contributed by atoms with van der Waals surface area (Å²) in [4.78, 5) is 20.1. The largest absolute Gasteiger partial charge is 0.292 e. The molecule has 0 fully saturated rings. The zero-order valence-corrected chi connectivity index (χ0v) is 14.9. The molecule has 0 atom stereocenters. The summed E-state index contributed by atoms with van der Waals surface area (Å²) >= 11 is 0. The first kappa shape index (κ1) is 22.3. The van der Waals surface area contributed by atoms with Crippen molar-refractivity contribution in [1.29, 1.82) is 0 Å². The summed E-state index contributed by atoms with van der Waals surface area (Å²) in [6.07, 6.45) is 6.45. The van der Waals surface area contributed by atoms with Crippen molar-refractivity contribution in [3.8, 4) is 0 Å². The van der Waals surface area contributed by atoms with Crippen LogP contribution in [0.1, 0.15) is 60.1 Å². The molecule has 0 saturated heterocycles. The van der Waals surface area contributed by atoms with Gasteiger partial charge in [0.25, 0.3) is 0 Å². The average molecular weight is 302 g/mol. The standard InChI is InChI=1S/C14H16N2O.C3H8.C2H6/c1-4-9-16-14(13(17)5-2)11(3)12-8-6-7-10-15-12;1-3-2;1-2/h4,6-10H,1,5H2,2-3H3;3H2,1-2H3;1-2H3/b14-11+,16-9?;;. The lowest BCUT2D eigenvalue weighted by molar-refractivity contribution is -0.115. The molecule has 0 radical (unpaired) electrons. The van der Waals surface area contributed by atoms with E-state index in [4.69, 9.17) is 0 Å². The number of allylic oxidation sites excluding steroid dienone is 3. The third kappa shape index (κ3) is 9.01. The number of pyridine rings is 1. The lowest BCUT2D eigenvalue weighted by atomic mass is 10.1. The Morgan fingerprint density at radius 3 is 2.27 bits per heavy atom. The fraction of sp³-hybridized carbons (Fsp3) is 0.421. The zero-order chi connectivity index (χ0) is 17.4. The summed E-state index contributed by atoms with van der Waals surface area (Å²) < 4.78 is 0. The van der Waals surface area contributed by atoms with E-state index in [1.165, 1.54) is 12.6 Å². The molecule has 3 nitrogen and oxygen atoms in total. The second kappa shape index (κ2) is 15.4. The molecule has 1 heterocycles. The Labute approximate surface area is 135 Å². The molecule has 0 bridgehead atoms. The van der Waals surface area contributed by atoms with E-state index in [0.29, 0.717) is 12.1 Å². The Morgan fingerprint density at radius 2 is 1.86 bits per heavy atom. The number of Topliss-reactive ketones (excluding diaryl/α,β-unsaturated/α-hetero) is 1. The van der Waals surface area contributed by atoms with Crippen LogP contribution in [0.25, 0.3) is 5.57 Å². The van der Waals surface area contributed by atoms with E-state index in [9.17, 15) is 4.79 Å². The molecule has 1 rings (SSSR count). The van der Waals surface area contributed by atoms with Crippen LogP contribution in [0.2, 0.25) is 0 Å². The first-order valence-corrected chi connectivity index (χ1v) is 7.92. The van der Waals surface area contributed by atoms with Gasteiger partial charge in [-0.3, -0.25) is 14.8 Å². The highest BCUT2D eigenvalue weighted by atomic mass is 16.1. The predicted octanol–water partition coefficient (Wildman–Crippen LogP) is 5.49. The lowest BCUT2D eigenvalue weighted by Gasteiger charge is -2.05. The highest BCUT2D eigenvalue weighted by Gasteiger charge is 2.11. The van der Waals surface area contributed by atoms with Crippen LogP contribution >= 0.6 is 0 Å². The molecule has 0 aliphatic heterocycles. The Kier molecular flexibility index (Phi) is 15.5. The van der Waals surface area contributed by atoms with E-state index in [-0.39, 0.29) is 5.78 Å². The molecular formula is C19H30N2O. The number of carbonyl (C=O) groups is 1. The number of aliphatic imine (C=N–C) groups is 1. The molecule has 0 aliphatic rings. The van der Waals surface area contributed by atoms with Gasteiger partial charge >= 0.3 is 0 Å². The molecule has 122 valence electrons. The topological polar surface area (TPSA) is 42.3 Å². The molecule has 0 aromatic carbocycles. The number of carbonyl (C=O) groups excluding carboxylic acids is 1. The van der Waals surface area contributed by atoms with Crippen LogP contribution < -0.4 is 0 Å². The van der Waals surface area contributed by atoms with Gasteiger partial charge in [-0.1, -0.05) is 59.8 Å². The third-order valence-corrected chi connectivity index (χ3v) is 2.30. The monoisotopic (exact) mass is 302 g/mol. The minimum Gasteiger partial charge on any atom is -0.292 e. The molecule has 22 heavy (non-hydrogen) atoms. The number of hydrogen-bond donors (Lipinski definition) is 0. The normalized spacial score (nSPS) is 10.6. The second-order valence-corrected chi connectivity index (χ2v) is 4.19. The first-order chi connectivity index (χ1) is 10.6. The summed E-state index contributed by atoms with van der Waals surface area (Å²) in [5.74, 6) is 0.00579. The smallest absolute Gasteiger partial charge is 0.181 e. The minimum absolute atomic E-state index is 0.00579. The van der Waals surface area contributed by atoms with E-state index in [1.807, 2.05) is 45.9 Å². The van der Waals surface area contributed by atoms with E-state index in [2.05, 4.69) is 30.4 Å². The van der Waals surface area contributed by atoms with E-state index in [1.54, 1.807) is 12.3 Å². The second-order valence-electron chi connectivity index (χ2n) is 4.19. The third-order valence-electron chi connectivity index (χ3n) is 2.30. The number of nitrogens with zero attached hydrogens (tertiary/aromatic N) is 2. The van der Waals surface area contributed by atoms with Gasteiger partial charge in [-0.25, -0.2) is 0 Å². The van der Waals surface area contributed by atoms with E-state index < -0.39 is 0 Å². The summed E-state index contributed by atoms with van der Waals surface area (Å²) in [6, 6.07) is 5.59. The van der Waals surface area contributed by atoms with Crippen molar-refractivity contribution in [3.63, 3.8) is 0 Å². The summed E-state index contributed by atoms with van der Waals surface area (Å²) in [7, 11) is 0.